The molecule has 0 heterocycles. The standard InChI is InChI=1S/C20H26N4O8/c21-23-13-19(25)31-11-9-27-5-7-29-15-17-3-1-2-4-18(17)16-30-8-6-28-10-12-32-20(26)14-24-22/h1-4,13-14H,5-12,15-16H2. The Morgan fingerprint density at radius 2 is 1.03 bits per heavy atom. The molecule has 1 aromatic rings. The van der Waals surface area contributed by atoms with Gasteiger partial charge in [-0.1, -0.05) is 24.3 Å². The van der Waals surface area contributed by atoms with Crippen molar-refractivity contribution >= 4 is 24.4 Å². The third-order valence-electron chi connectivity index (χ3n) is 3.65. The van der Waals surface area contributed by atoms with Crippen LogP contribution in [0, 0.1) is 0 Å². The number of esters is 2. The zero-order valence-corrected chi connectivity index (χ0v) is 17.6. The van der Waals surface area contributed by atoms with Crippen molar-refractivity contribution in [2.24, 2.45) is 0 Å². The van der Waals surface area contributed by atoms with Crippen molar-refractivity contribution in [2.75, 3.05) is 52.9 Å². The van der Waals surface area contributed by atoms with Gasteiger partial charge in [-0.2, -0.15) is 9.58 Å². The Labute approximate surface area is 185 Å². The molecule has 0 saturated carbocycles. The van der Waals surface area contributed by atoms with E-state index in [0.29, 0.717) is 52.1 Å². The van der Waals surface area contributed by atoms with Crippen LogP contribution < -0.4 is 0 Å². The first-order valence-corrected chi connectivity index (χ1v) is 9.73. The van der Waals surface area contributed by atoms with Gasteiger partial charge in [0.1, 0.15) is 13.2 Å². The Kier molecular flexibility index (Phi) is 15.5. The van der Waals surface area contributed by atoms with Gasteiger partial charge in [0, 0.05) is 0 Å². The van der Waals surface area contributed by atoms with Gasteiger partial charge in [-0.3, -0.25) is 0 Å². The summed E-state index contributed by atoms with van der Waals surface area (Å²) < 4.78 is 31.2. The Bertz CT molecular complexity index is 727. The third-order valence-corrected chi connectivity index (χ3v) is 3.65. The Morgan fingerprint density at radius 1 is 0.656 bits per heavy atom. The number of carbonyl (C=O) groups is 2. The summed E-state index contributed by atoms with van der Waals surface area (Å²) >= 11 is 0. The van der Waals surface area contributed by atoms with Crippen LogP contribution in [0.3, 0.4) is 0 Å². The average molecular weight is 450 g/mol. The molecule has 0 aliphatic rings. The van der Waals surface area contributed by atoms with Crippen LogP contribution in [0.2, 0.25) is 0 Å². The lowest BCUT2D eigenvalue weighted by Gasteiger charge is -2.11. The largest absolute Gasteiger partial charge is 0.455 e. The van der Waals surface area contributed by atoms with Gasteiger partial charge < -0.3 is 39.5 Å². The van der Waals surface area contributed by atoms with Gasteiger partial charge in [-0.25, -0.2) is 9.59 Å². The van der Waals surface area contributed by atoms with Crippen molar-refractivity contribution in [1.82, 2.24) is 0 Å². The number of benzene rings is 1. The molecule has 12 heteroatoms. The van der Waals surface area contributed by atoms with Crippen LogP contribution >= 0.6 is 0 Å². The van der Waals surface area contributed by atoms with E-state index in [1.807, 2.05) is 24.3 Å². The zero-order chi connectivity index (χ0) is 23.3. The molecular weight excluding hydrogens is 424 g/mol. The zero-order valence-electron chi connectivity index (χ0n) is 17.6. The highest BCUT2D eigenvalue weighted by Gasteiger charge is 2.05. The topological polar surface area (TPSA) is 162 Å². The molecule has 0 amide bonds. The van der Waals surface area contributed by atoms with Crippen molar-refractivity contribution in [3.8, 4) is 0 Å². The van der Waals surface area contributed by atoms with E-state index in [-0.39, 0.29) is 26.4 Å². The monoisotopic (exact) mass is 450 g/mol. The van der Waals surface area contributed by atoms with E-state index < -0.39 is 11.9 Å². The molecule has 0 unspecified atom stereocenters. The molecule has 174 valence electrons. The summed E-state index contributed by atoms with van der Waals surface area (Å²) in [5.41, 5.74) is 18.3. The summed E-state index contributed by atoms with van der Waals surface area (Å²) in [5, 5.41) is 0. The maximum absolute atomic E-state index is 10.9. The molecule has 0 aliphatic heterocycles. The molecule has 1 aromatic carbocycles. The number of ether oxygens (including phenoxy) is 6. The van der Waals surface area contributed by atoms with Crippen LogP contribution in [-0.4, -0.2) is 86.8 Å². The van der Waals surface area contributed by atoms with Crippen LogP contribution in [0.4, 0.5) is 0 Å². The van der Waals surface area contributed by atoms with Crippen LogP contribution in [0.5, 0.6) is 0 Å². The van der Waals surface area contributed by atoms with Gasteiger partial charge in [-0.15, -0.1) is 0 Å². The highest BCUT2D eigenvalue weighted by molar-refractivity contribution is 6.20. The minimum atomic E-state index is -0.743. The number of rotatable bonds is 18. The average Bonchev–Trinajstić information content (AvgIpc) is 2.78. The van der Waals surface area contributed by atoms with Gasteiger partial charge in [0.25, 0.3) is 0 Å². The van der Waals surface area contributed by atoms with Crippen molar-refractivity contribution < 1.29 is 47.6 Å². The maximum Gasteiger partial charge on any atom is 0.413 e. The molecule has 0 bridgehead atoms. The highest BCUT2D eigenvalue weighted by atomic mass is 16.6. The first-order valence-electron chi connectivity index (χ1n) is 9.73. The van der Waals surface area contributed by atoms with Gasteiger partial charge >= 0.3 is 24.4 Å². The number of nitrogens with zero attached hydrogens (tertiary/aromatic N) is 4. The van der Waals surface area contributed by atoms with Crippen LogP contribution in [-0.2, 0) is 51.2 Å². The fourth-order valence-electron chi connectivity index (χ4n) is 2.21. The second-order valence-electron chi connectivity index (χ2n) is 5.92. The lowest BCUT2D eigenvalue weighted by molar-refractivity contribution is -0.141. The Hall–Kier alpha value is -3.24. The van der Waals surface area contributed by atoms with Gasteiger partial charge in [0.2, 0.25) is 0 Å². The number of hydrogen-bond acceptors (Lipinski definition) is 8. The van der Waals surface area contributed by atoms with E-state index in [9.17, 15) is 9.59 Å². The van der Waals surface area contributed by atoms with E-state index in [1.54, 1.807) is 0 Å². The van der Waals surface area contributed by atoms with E-state index in [0.717, 1.165) is 11.1 Å². The highest BCUT2D eigenvalue weighted by Crippen LogP contribution is 2.11. The Balaban J connectivity index is 2.10. The molecular formula is C20H26N4O8. The predicted octanol–water partition coefficient (Wildman–Crippen LogP) is 0.441. The van der Waals surface area contributed by atoms with Crippen LogP contribution in [0.15, 0.2) is 24.3 Å². The van der Waals surface area contributed by atoms with E-state index in [2.05, 4.69) is 9.58 Å². The summed E-state index contributed by atoms with van der Waals surface area (Å²) in [6.07, 6.45) is 1.32. The normalized spacial score (nSPS) is 10.0. The van der Waals surface area contributed by atoms with Crippen LogP contribution in [0.1, 0.15) is 11.1 Å². The molecule has 0 fully saturated rings. The summed E-state index contributed by atoms with van der Waals surface area (Å²) in [5.74, 6) is -1.49. The summed E-state index contributed by atoms with van der Waals surface area (Å²) in [6.45, 7) is 2.71. The Morgan fingerprint density at radius 3 is 1.44 bits per heavy atom. The summed E-state index contributed by atoms with van der Waals surface area (Å²) in [4.78, 5) is 26.9. The fraction of sp³-hybridized carbons (Fsp3) is 0.500. The summed E-state index contributed by atoms with van der Waals surface area (Å²) in [6, 6.07) is 7.72. The number of hydrogen-bond donors (Lipinski definition) is 0. The van der Waals surface area contributed by atoms with Gasteiger partial charge in [-0.05, 0) is 11.1 Å². The molecule has 0 spiro atoms. The SMILES string of the molecule is [N-]=[N+]=CC(=O)OCCOCCOCc1ccccc1COCCOCCOC(=O)C=[N+]=[N-]. The van der Waals surface area contributed by atoms with Crippen molar-refractivity contribution in [3.05, 3.63) is 46.5 Å². The minimum absolute atomic E-state index is 0.0540. The molecule has 0 radical (unpaired) electrons. The molecule has 0 aromatic heterocycles. The quantitative estimate of drug-likeness (QED) is 0.102. The molecule has 12 nitrogen and oxygen atoms in total. The lowest BCUT2D eigenvalue weighted by atomic mass is 10.1. The van der Waals surface area contributed by atoms with E-state index in [1.165, 1.54) is 0 Å². The van der Waals surface area contributed by atoms with Crippen molar-refractivity contribution in [1.29, 1.82) is 0 Å². The van der Waals surface area contributed by atoms with Gasteiger partial charge in [0.05, 0.1) is 52.9 Å². The number of carbonyl (C=O) groups excluding carboxylic acids is 2. The fourth-order valence-corrected chi connectivity index (χ4v) is 2.21. The van der Waals surface area contributed by atoms with E-state index in [4.69, 9.17) is 39.5 Å². The van der Waals surface area contributed by atoms with Gasteiger partial charge in [0.15, 0.2) is 0 Å². The second-order valence-corrected chi connectivity index (χ2v) is 5.92. The molecule has 0 aliphatic carbocycles. The third kappa shape index (κ3) is 13.9. The smallest absolute Gasteiger partial charge is 0.413 e. The first-order chi connectivity index (χ1) is 15.7. The maximum atomic E-state index is 10.9. The summed E-state index contributed by atoms with van der Waals surface area (Å²) in [7, 11) is 0. The lowest BCUT2D eigenvalue weighted by Crippen LogP contribution is -2.14. The second kappa shape index (κ2) is 18.5. The van der Waals surface area contributed by atoms with Crippen LogP contribution in [0.25, 0.3) is 11.1 Å². The molecule has 32 heavy (non-hydrogen) atoms. The molecule has 0 atom stereocenters. The molecule has 0 saturated heterocycles. The van der Waals surface area contributed by atoms with E-state index >= 15 is 0 Å². The van der Waals surface area contributed by atoms with Crippen molar-refractivity contribution in [2.45, 2.75) is 13.2 Å². The molecule has 1 rings (SSSR count). The first kappa shape index (κ1) is 26.8. The molecule has 0 N–H and O–H groups in total. The minimum Gasteiger partial charge on any atom is -0.455 e. The predicted molar refractivity (Wildman–Crippen MR) is 109 cm³/mol. The van der Waals surface area contributed by atoms with Crippen molar-refractivity contribution in [3.63, 3.8) is 0 Å².